The molecule has 4 aromatic rings. The van der Waals surface area contributed by atoms with Crippen LogP contribution in [-0.2, 0) is 12.8 Å². The predicted octanol–water partition coefficient (Wildman–Crippen LogP) is 5.14. The standard InChI is InChI=1S/C25H24N6O2S2/c1-4-34-25(33)28-24-27-19-12-11-18-20(16-6-5-13-26-14-16)29-31(21(18)22(19)35-24)17-9-7-15(8-10-17)23(32)30(2)3/h5-10,13-14H,4,11-12H2,1-3H3,(H,27,28,33). The molecule has 10 heteroatoms. The van der Waals surface area contributed by atoms with Gasteiger partial charge in [0.15, 0.2) is 5.13 Å². The van der Waals surface area contributed by atoms with Crippen molar-refractivity contribution in [3.05, 3.63) is 65.6 Å². The Morgan fingerprint density at radius 3 is 2.66 bits per heavy atom. The van der Waals surface area contributed by atoms with E-state index >= 15 is 0 Å². The Morgan fingerprint density at radius 2 is 1.97 bits per heavy atom. The van der Waals surface area contributed by atoms with Crippen LogP contribution in [0.3, 0.4) is 0 Å². The number of nitrogens with zero attached hydrogens (tertiary/aromatic N) is 5. The topological polar surface area (TPSA) is 93.0 Å². The van der Waals surface area contributed by atoms with E-state index in [4.69, 9.17) is 10.1 Å². The first kappa shape index (κ1) is 23.3. The smallest absolute Gasteiger partial charge is 0.285 e. The largest absolute Gasteiger partial charge is 0.345 e. The van der Waals surface area contributed by atoms with Crippen LogP contribution in [0.4, 0.5) is 9.93 Å². The minimum Gasteiger partial charge on any atom is -0.345 e. The van der Waals surface area contributed by atoms with Gasteiger partial charge in [-0.1, -0.05) is 30.0 Å². The van der Waals surface area contributed by atoms with E-state index in [1.165, 1.54) is 23.1 Å². The van der Waals surface area contributed by atoms with E-state index in [0.717, 1.165) is 51.6 Å². The molecule has 5 rings (SSSR count). The summed E-state index contributed by atoms with van der Waals surface area (Å²) in [5.41, 5.74) is 6.35. The Kier molecular flexibility index (Phi) is 6.40. The van der Waals surface area contributed by atoms with Gasteiger partial charge in [0.2, 0.25) is 0 Å². The number of hydrogen-bond acceptors (Lipinski definition) is 7. The van der Waals surface area contributed by atoms with Crippen LogP contribution < -0.4 is 5.32 Å². The van der Waals surface area contributed by atoms with Gasteiger partial charge in [-0.25, -0.2) is 9.67 Å². The second-order valence-electron chi connectivity index (χ2n) is 8.22. The van der Waals surface area contributed by atoms with Gasteiger partial charge in [0.1, 0.15) is 0 Å². The highest BCUT2D eigenvalue weighted by atomic mass is 32.2. The molecule has 0 spiro atoms. The van der Waals surface area contributed by atoms with Crippen molar-refractivity contribution in [2.75, 3.05) is 25.2 Å². The van der Waals surface area contributed by atoms with Crippen molar-refractivity contribution in [1.82, 2.24) is 24.6 Å². The number of nitrogens with one attached hydrogen (secondary N) is 1. The fourth-order valence-corrected chi connectivity index (χ4v) is 5.66. The van der Waals surface area contributed by atoms with Gasteiger partial charge in [0.05, 0.1) is 27.6 Å². The maximum atomic E-state index is 12.4. The lowest BCUT2D eigenvalue weighted by Crippen LogP contribution is -2.21. The number of carbonyl (C=O) groups excluding carboxylic acids is 2. The zero-order chi connectivity index (χ0) is 24.5. The number of pyridine rings is 1. The SMILES string of the molecule is CCSC(=O)Nc1nc2c(s1)-c1c(c(-c3cccnc3)nn1-c1ccc(C(=O)N(C)C)cc1)CC2. The molecular weight excluding hydrogens is 480 g/mol. The zero-order valence-electron chi connectivity index (χ0n) is 19.6. The maximum absolute atomic E-state index is 12.4. The quantitative estimate of drug-likeness (QED) is 0.404. The molecule has 0 unspecified atom stereocenters. The lowest BCUT2D eigenvalue weighted by Gasteiger charge is -2.15. The summed E-state index contributed by atoms with van der Waals surface area (Å²) in [6, 6.07) is 11.4. The average molecular weight is 505 g/mol. The van der Waals surface area contributed by atoms with Crippen LogP contribution in [0, 0.1) is 0 Å². The van der Waals surface area contributed by atoms with Gasteiger partial charge in [-0.05, 0) is 55.0 Å². The Labute approximate surface area is 211 Å². The van der Waals surface area contributed by atoms with Crippen LogP contribution in [0.1, 0.15) is 28.5 Å². The lowest BCUT2D eigenvalue weighted by molar-refractivity contribution is 0.0827. The molecule has 0 atom stereocenters. The van der Waals surface area contributed by atoms with Crippen molar-refractivity contribution >= 4 is 39.4 Å². The van der Waals surface area contributed by atoms with Crippen LogP contribution in [0.5, 0.6) is 0 Å². The highest BCUT2D eigenvalue weighted by Gasteiger charge is 2.30. The molecule has 0 bridgehead atoms. The maximum Gasteiger partial charge on any atom is 0.285 e. The van der Waals surface area contributed by atoms with Gasteiger partial charge in [-0.15, -0.1) is 0 Å². The summed E-state index contributed by atoms with van der Waals surface area (Å²) in [6.45, 7) is 1.94. The predicted molar refractivity (Wildman–Crippen MR) is 140 cm³/mol. The number of thiazole rings is 1. The van der Waals surface area contributed by atoms with Crippen LogP contribution in [0.25, 0.3) is 27.5 Å². The molecular formula is C25H24N6O2S2. The number of rotatable bonds is 5. The molecule has 3 aromatic heterocycles. The summed E-state index contributed by atoms with van der Waals surface area (Å²) in [4.78, 5) is 36.1. The number of anilines is 1. The minimum absolute atomic E-state index is 0.0508. The normalized spacial score (nSPS) is 12.1. The summed E-state index contributed by atoms with van der Waals surface area (Å²) in [5.74, 6) is 0.652. The first-order valence-corrected chi connectivity index (χ1v) is 13.0. The first-order chi connectivity index (χ1) is 17.0. The monoisotopic (exact) mass is 504 g/mol. The van der Waals surface area contributed by atoms with Crippen molar-refractivity contribution in [3.63, 3.8) is 0 Å². The fourth-order valence-electron chi connectivity index (χ4n) is 4.10. The summed E-state index contributed by atoms with van der Waals surface area (Å²) < 4.78 is 1.92. The molecule has 1 aliphatic rings. The molecule has 3 heterocycles. The van der Waals surface area contributed by atoms with Crippen LogP contribution in [0.15, 0.2) is 48.8 Å². The van der Waals surface area contributed by atoms with E-state index in [-0.39, 0.29) is 11.1 Å². The highest BCUT2D eigenvalue weighted by molar-refractivity contribution is 8.13. The summed E-state index contributed by atoms with van der Waals surface area (Å²) in [5, 5.41) is 8.40. The number of amides is 2. The van der Waals surface area contributed by atoms with E-state index in [1.54, 1.807) is 25.2 Å². The Balaban J connectivity index is 1.63. The third kappa shape index (κ3) is 4.46. The fraction of sp³-hybridized carbons (Fsp3) is 0.240. The number of aromatic nitrogens is 4. The molecule has 35 heavy (non-hydrogen) atoms. The van der Waals surface area contributed by atoms with Crippen molar-refractivity contribution in [3.8, 4) is 27.5 Å². The molecule has 0 saturated carbocycles. The number of aryl methyl sites for hydroxylation is 1. The van der Waals surface area contributed by atoms with Crippen molar-refractivity contribution in [1.29, 1.82) is 0 Å². The second kappa shape index (κ2) is 9.63. The van der Waals surface area contributed by atoms with E-state index in [0.29, 0.717) is 16.4 Å². The molecule has 2 amide bonds. The van der Waals surface area contributed by atoms with Gasteiger partial charge in [-0.2, -0.15) is 5.10 Å². The third-order valence-electron chi connectivity index (χ3n) is 5.69. The highest BCUT2D eigenvalue weighted by Crippen LogP contribution is 2.44. The summed E-state index contributed by atoms with van der Waals surface area (Å²) in [6.07, 6.45) is 5.12. The van der Waals surface area contributed by atoms with Crippen LogP contribution in [-0.4, -0.2) is 55.6 Å². The third-order valence-corrected chi connectivity index (χ3v) is 7.36. The molecule has 0 saturated heterocycles. The number of benzene rings is 1. The molecule has 178 valence electrons. The van der Waals surface area contributed by atoms with Crippen molar-refractivity contribution < 1.29 is 9.59 Å². The summed E-state index contributed by atoms with van der Waals surface area (Å²) >= 11 is 2.69. The van der Waals surface area contributed by atoms with Gasteiger partial charge in [0, 0.05) is 43.2 Å². The van der Waals surface area contributed by atoms with Crippen molar-refractivity contribution in [2.45, 2.75) is 19.8 Å². The molecule has 1 aliphatic carbocycles. The number of thioether (sulfide) groups is 1. The average Bonchev–Trinajstić information content (AvgIpc) is 3.45. The van der Waals surface area contributed by atoms with Crippen LogP contribution >= 0.6 is 23.1 Å². The Hall–Kier alpha value is -3.50. The molecule has 0 aliphatic heterocycles. The van der Waals surface area contributed by atoms with Crippen LogP contribution in [0.2, 0.25) is 0 Å². The minimum atomic E-state index is -0.107. The Bertz CT molecular complexity index is 1390. The van der Waals surface area contributed by atoms with E-state index < -0.39 is 0 Å². The molecule has 0 fully saturated rings. The molecule has 1 N–H and O–H groups in total. The Morgan fingerprint density at radius 1 is 1.17 bits per heavy atom. The van der Waals surface area contributed by atoms with Gasteiger partial charge in [0.25, 0.3) is 11.1 Å². The van der Waals surface area contributed by atoms with Gasteiger partial charge in [-0.3, -0.25) is 19.9 Å². The van der Waals surface area contributed by atoms with E-state index in [2.05, 4.69) is 10.3 Å². The zero-order valence-corrected chi connectivity index (χ0v) is 21.2. The van der Waals surface area contributed by atoms with E-state index in [1.807, 2.05) is 54.2 Å². The van der Waals surface area contributed by atoms with Gasteiger partial charge >= 0.3 is 0 Å². The molecule has 8 nitrogen and oxygen atoms in total. The molecule has 1 aromatic carbocycles. The van der Waals surface area contributed by atoms with Gasteiger partial charge < -0.3 is 4.90 Å². The molecule has 0 radical (unpaired) electrons. The number of hydrogen-bond donors (Lipinski definition) is 1. The summed E-state index contributed by atoms with van der Waals surface area (Å²) in [7, 11) is 3.47. The number of fused-ring (bicyclic) bond motifs is 3. The van der Waals surface area contributed by atoms with Crippen molar-refractivity contribution in [2.24, 2.45) is 0 Å². The lowest BCUT2D eigenvalue weighted by atomic mass is 9.95. The van der Waals surface area contributed by atoms with E-state index in [9.17, 15) is 9.59 Å². The second-order valence-corrected chi connectivity index (χ2v) is 10.5. The number of carbonyl (C=O) groups is 2. The first-order valence-electron chi connectivity index (χ1n) is 11.2.